The summed E-state index contributed by atoms with van der Waals surface area (Å²) >= 11 is 0. The van der Waals surface area contributed by atoms with Crippen molar-refractivity contribution in [2.75, 3.05) is 26.2 Å². The molecular formula is C15H19FN2O2. The highest BCUT2D eigenvalue weighted by Crippen LogP contribution is 2.22. The van der Waals surface area contributed by atoms with Gasteiger partial charge in [0.25, 0.3) is 5.91 Å². The van der Waals surface area contributed by atoms with E-state index >= 15 is 0 Å². The Balaban J connectivity index is 1.51. The van der Waals surface area contributed by atoms with Gasteiger partial charge in [0.1, 0.15) is 5.82 Å². The summed E-state index contributed by atoms with van der Waals surface area (Å²) in [4.78, 5) is 14.4. The number of carbonyl (C=O) groups is 1. The smallest absolute Gasteiger partial charge is 0.251 e. The van der Waals surface area contributed by atoms with E-state index in [0.29, 0.717) is 18.2 Å². The average Bonchev–Trinajstić information content (AvgIpc) is 2.92. The number of morpholine rings is 1. The van der Waals surface area contributed by atoms with Crippen LogP contribution < -0.4 is 5.32 Å². The molecule has 0 bridgehead atoms. The molecule has 0 radical (unpaired) electrons. The number of hydrogen-bond acceptors (Lipinski definition) is 3. The minimum Gasteiger partial charge on any atom is -0.373 e. The van der Waals surface area contributed by atoms with Crippen LogP contribution in [0.5, 0.6) is 0 Å². The molecule has 108 valence electrons. The third-order valence-corrected chi connectivity index (χ3v) is 4.04. The van der Waals surface area contributed by atoms with Crippen LogP contribution in [0.15, 0.2) is 24.3 Å². The number of nitrogens with one attached hydrogen (secondary N) is 1. The summed E-state index contributed by atoms with van der Waals surface area (Å²) in [6.07, 6.45) is 2.47. The molecule has 2 atom stereocenters. The molecule has 20 heavy (non-hydrogen) atoms. The standard InChI is InChI=1S/C15H19FN2O2/c16-12-4-1-3-11(7-12)15(19)17-8-14-9-18-6-2-5-13(18)10-20-14/h1,3-4,7,13-14H,2,5-6,8-10H2,(H,17,19)/t13-,14+/m1/s1. The molecule has 4 nitrogen and oxygen atoms in total. The summed E-state index contributed by atoms with van der Waals surface area (Å²) in [6.45, 7) is 3.22. The topological polar surface area (TPSA) is 41.6 Å². The van der Waals surface area contributed by atoms with Gasteiger partial charge in [-0.05, 0) is 37.6 Å². The minimum absolute atomic E-state index is 0.0295. The van der Waals surface area contributed by atoms with Crippen molar-refractivity contribution in [3.05, 3.63) is 35.6 Å². The molecule has 2 aliphatic rings. The minimum atomic E-state index is -0.397. The SMILES string of the molecule is O=C(NC[C@H]1CN2CCC[C@@H]2CO1)c1cccc(F)c1. The molecule has 1 N–H and O–H groups in total. The zero-order valence-electron chi connectivity index (χ0n) is 11.3. The first-order valence-electron chi connectivity index (χ1n) is 7.12. The fourth-order valence-corrected chi connectivity index (χ4v) is 2.95. The summed E-state index contributed by atoms with van der Waals surface area (Å²) in [7, 11) is 0. The summed E-state index contributed by atoms with van der Waals surface area (Å²) in [5.41, 5.74) is 0.347. The van der Waals surface area contributed by atoms with E-state index in [0.717, 1.165) is 19.7 Å². The van der Waals surface area contributed by atoms with E-state index in [2.05, 4.69) is 10.2 Å². The van der Waals surface area contributed by atoms with Crippen molar-refractivity contribution in [1.29, 1.82) is 0 Å². The first-order chi connectivity index (χ1) is 9.72. The number of rotatable bonds is 3. The molecule has 1 aromatic carbocycles. The van der Waals surface area contributed by atoms with E-state index in [9.17, 15) is 9.18 Å². The number of carbonyl (C=O) groups excluding carboxylic acids is 1. The van der Waals surface area contributed by atoms with E-state index in [1.807, 2.05) is 0 Å². The van der Waals surface area contributed by atoms with Gasteiger partial charge in [-0.15, -0.1) is 0 Å². The van der Waals surface area contributed by atoms with Gasteiger partial charge in [0.15, 0.2) is 0 Å². The van der Waals surface area contributed by atoms with Crippen LogP contribution in [0.2, 0.25) is 0 Å². The number of nitrogens with zero attached hydrogens (tertiary/aromatic N) is 1. The van der Waals surface area contributed by atoms with Crippen LogP contribution in [-0.4, -0.2) is 49.2 Å². The van der Waals surface area contributed by atoms with Gasteiger partial charge in [-0.25, -0.2) is 4.39 Å². The molecule has 0 unspecified atom stereocenters. The molecule has 3 rings (SSSR count). The van der Waals surface area contributed by atoms with Gasteiger partial charge in [-0.1, -0.05) is 6.07 Å². The second-order valence-electron chi connectivity index (χ2n) is 5.47. The monoisotopic (exact) mass is 278 g/mol. The molecular weight excluding hydrogens is 259 g/mol. The lowest BCUT2D eigenvalue weighted by Crippen LogP contribution is -2.50. The highest BCUT2D eigenvalue weighted by molar-refractivity contribution is 5.94. The van der Waals surface area contributed by atoms with Crippen molar-refractivity contribution in [1.82, 2.24) is 10.2 Å². The third kappa shape index (κ3) is 2.99. The number of amides is 1. The van der Waals surface area contributed by atoms with Crippen molar-refractivity contribution in [3.8, 4) is 0 Å². The Bertz CT molecular complexity index is 495. The Morgan fingerprint density at radius 3 is 3.25 bits per heavy atom. The molecule has 2 saturated heterocycles. The van der Waals surface area contributed by atoms with Gasteiger partial charge in [-0.3, -0.25) is 9.69 Å². The van der Waals surface area contributed by atoms with E-state index in [1.165, 1.54) is 31.0 Å². The van der Waals surface area contributed by atoms with Crippen LogP contribution >= 0.6 is 0 Å². The molecule has 0 saturated carbocycles. The quantitative estimate of drug-likeness (QED) is 0.909. The normalized spacial score (nSPS) is 26.2. The summed E-state index contributed by atoms with van der Waals surface area (Å²) in [6, 6.07) is 6.28. The number of benzene rings is 1. The Kier molecular flexibility index (Phi) is 3.98. The molecule has 0 aliphatic carbocycles. The summed E-state index contributed by atoms with van der Waals surface area (Å²) < 4.78 is 18.8. The molecule has 0 spiro atoms. The van der Waals surface area contributed by atoms with Gasteiger partial charge < -0.3 is 10.1 Å². The molecule has 2 aliphatic heterocycles. The molecule has 2 fully saturated rings. The van der Waals surface area contributed by atoms with Crippen LogP contribution in [0, 0.1) is 5.82 Å². The number of halogens is 1. The molecule has 2 heterocycles. The highest BCUT2D eigenvalue weighted by Gasteiger charge is 2.32. The zero-order valence-corrected chi connectivity index (χ0v) is 11.3. The van der Waals surface area contributed by atoms with Crippen LogP contribution in [0.1, 0.15) is 23.2 Å². The van der Waals surface area contributed by atoms with Gasteiger partial charge in [0, 0.05) is 24.7 Å². The Hall–Kier alpha value is -1.46. The third-order valence-electron chi connectivity index (χ3n) is 4.04. The van der Waals surface area contributed by atoms with E-state index in [-0.39, 0.29) is 12.0 Å². The molecule has 5 heteroatoms. The highest BCUT2D eigenvalue weighted by atomic mass is 19.1. The maximum atomic E-state index is 13.1. The lowest BCUT2D eigenvalue weighted by atomic mass is 10.1. The van der Waals surface area contributed by atoms with Crippen LogP contribution in [0.4, 0.5) is 4.39 Å². The van der Waals surface area contributed by atoms with Gasteiger partial charge in [0.05, 0.1) is 12.7 Å². The van der Waals surface area contributed by atoms with Crippen LogP contribution in [0.3, 0.4) is 0 Å². The first kappa shape index (κ1) is 13.5. The van der Waals surface area contributed by atoms with E-state index in [4.69, 9.17) is 4.74 Å². The second kappa shape index (κ2) is 5.89. The Morgan fingerprint density at radius 1 is 1.50 bits per heavy atom. The van der Waals surface area contributed by atoms with Gasteiger partial charge in [-0.2, -0.15) is 0 Å². The molecule has 1 amide bonds. The van der Waals surface area contributed by atoms with Crippen molar-refractivity contribution >= 4 is 5.91 Å². The van der Waals surface area contributed by atoms with Crippen LogP contribution in [0.25, 0.3) is 0 Å². The van der Waals surface area contributed by atoms with Crippen molar-refractivity contribution in [2.24, 2.45) is 0 Å². The van der Waals surface area contributed by atoms with Crippen molar-refractivity contribution < 1.29 is 13.9 Å². The number of fused-ring (bicyclic) bond motifs is 1. The fraction of sp³-hybridized carbons (Fsp3) is 0.533. The van der Waals surface area contributed by atoms with E-state index < -0.39 is 5.82 Å². The Morgan fingerprint density at radius 2 is 2.40 bits per heavy atom. The lowest BCUT2D eigenvalue weighted by Gasteiger charge is -2.35. The first-order valence-corrected chi connectivity index (χ1v) is 7.12. The summed E-state index contributed by atoms with van der Waals surface area (Å²) in [5.74, 6) is -0.650. The van der Waals surface area contributed by atoms with E-state index in [1.54, 1.807) is 6.07 Å². The lowest BCUT2D eigenvalue weighted by molar-refractivity contribution is -0.0461. The fourth-order valence-electron chi connectivity index (χ4n) is 2.95. The number of hydrogen-bond donors (Lipinski definition) is 1. The molecule has 1 aromatic rings. The zero-order chi connectivity index (χ0) is 13.9. The van der Waals surface area contributed by atoms with Crippen LogP contribution in [-0.2, 0) is 4.74 Å². The molecule has 0 aromatic heterocycles. The van der Waals surface area contributed by atoms with Crippen molar-refractivity contribution in [3.63, 3.8) is 0 Å². The predicted molar refractivity (Wildman–Crippen MR) is 73.1 cm³/mol. The number of ether oxygens (including phenoxy) is 1. The predicted octanol–water partition coefficient (Wildman–Crippen LogP) is 1.42. The maximum absolute atomic E-state index is 13.1. The largest absolute Gasteiger partial charge is 0.373 e. The average molecular weight is 278 g/mol. The van der Waals surface area contributed by atoms with Gasteiger partial charge in [0.2, 0.25) is 0 Å². The second-order valence-corrected chi connectivity index (χ2v) is 5.47. The van der Waals surface area contributed by atoms with Crippen molar-refractivity contribution in [2.45, 2.75) is 25.0 Å². The van der Waals surface area contributed by atoms with Gasteiger partial charge >= 0.3 is 0 Å². The summed E-state index contributed by atoms with van der Waals surface area (Å²) in [5, 5.41) is 2.82. The Labute approximate surface area is 117 Å². The maximum Gasteiger partial charge on any atom is 0.251 e.